The number of hydrogen-bond donors (Lipinski definition) is 2. The molecule has 0 aliphatic heterocycles. The lowest BCUT2D eigenvalue weighted by Crippen LogP contribution is -2.49. The molecular weight excluding hydrogens is 300 g/mol. The van der Waals surface area contributed by atoms with Gasteiger partial charge in [0.1, 0.15) is 17.5 Å². The highest BCUT2D eigenvalue weighted by atomic mass is 16.7. The lowest BCUT2D eigenvalue weighted by Gasteiger charge is -2.25. The number of nitrogens with one attached hydrogen (secondary N) is 1. The van der Waals surface area contributed by atoms with Gasteiger partial charge in [-0.2, -0.15) is 0 Å². The van der Waals surface area contributed by atoms with E-state index < -0.39 is 23.6 Å². The van der Waals surface area contributed by atoms with E-state index in [2.05, 4.69) is 10.3 Å². The summed E-state index contributed by atoms with van der Waals surface area (Å²) in [5, 5.41) is 3.61. The van der Waals surface area contributed by atoms with Crippen molar-refractivity contribution in [3.63, 3.8) is 0 Å². The minimum atomic E-state index is -0.847. The quantitative estimate of drug-likeness (QED) is 0.786. The molecule has 0 aromatic carbocycles. The van der Waals surface area contributed by atoms with Gasteiger partial charge in [-0.3, -0.25) is 9.63 Å². The molecule has 1 aromatic rings. The van der Waals surface area contributed by atoms with Gasteiger partial charge in [-0.05, 0) is 32.4 Å². The second-order valence-corrected chi connectivity index (χ2v) is 6.01. The topological polar surface area (TPSA) is 107 Å². The van der Waals surface area contributed by atoms with Gasteiger partial charge in [-0.15, -0.1) is 0 Å². The maximum Gasteiger partial charge on any atom is 0.408 e. The standard InChI is InChI=1S/C15H24N4O4/c1-15(2,3)23-14(21)18-11(13(20)19(4)22-5)8-10-6-7-12(16)17-9-10/h6-7,9,11H,8H2,1-5H3,(H2,16,17)(H,18,21)/t11-/m0/s1. The smallest absolute Gasteiger partial charge is 0.408 e. The molecule has 8 nitrogen and oxygen atoms in total. The van der Waals surface area contributed by atoms with Crippen LogP contribution in [0.5, 0.6) is 0 Å². The molecule has 1 heterocycles. The Balaban J connectivity index is 2.86. The summed E-state index contributed by atoms with van der Waals surface area (Å²) < 4.78 is 5.19. The number of likely N-dealkylation sites (N-methyl/N-ethyl adjacent to an activating group) is 1. The number of ether oxygens (including phenoxy) is 1. The number of nitrogens with two attached hydrogens (primary N) is 1. The summed E-state index contributed by atoms with van der Waals surface area (Å²) in [5.74, 6) is -0.0269. The number of aromatic nitrogens is 1. The van der Waals surface area contributed by atoms with E-state index in [1.807, 2.05) is 0 Å². The van der Waals surface area contributed by atoms with Crippen LogP contribution in [-0.4, -0.2) is 47.8 Å². The van der Waals surface area contributed by atoms with Crippen LogP contribution in [0.1, 0.15) is 26.3 Å². The second-order valence-electron chi connectivity index (χ2n) is 6.01. The third kappa shape index (κ3) is 6.52. The Morgan fingerprint density at radius 2 is 2.04 bits per heavy atom. The van der Waals surface area contributed by atoms with E-state index in [1.165, 1.54) is 14.2 Å². The number of carbonyl (C=O) groups excluding carboxylic acids is 2. The Morgan fingerprint density at radius 3 is 2.52 bits per heavy atom. The summed E-state index contributed by atoms with van der Waals surface area (Å²) in [6.07, 6.45) is 1.11. The predicted molar refractivity (Wildman–Crippen MR) is 85.3 cm³/mol. The van der Waals surface area contributed by atoms with Crippen LogP contribution in [0.2, 0.25) is 0 Å². The lowest BCUT2D eigenvalue weighted by molar-refractivity contribution is -0.171. The maximum atomic E-state index is 12.3. The number of pyridine rings is 1. The van der Waals surface area contributed by atoms with Crippen LogP contribution in [0.4, 0.5) is 10.6 Å². The van der Waals surface area contributed by atoms with Crippen molar-refractivity contribution < 1.29 is 19.2 Å². The summed E-state index contributed by atoms with van der Waals surface area (Å²) in [4.78, 5) is 33.1. The zero-order valence-electron chi connectivity index (χ0n) is 14.1. The van der Waals surface area contributed by atoms with Gasteiger partial charge in [-0.25, -0.2) is 14.8 Å². The van der Waals surface area contributed by atoms with Crippen LogP contribution >= 0.6 is 0 Å². The van der Waals surface area contributed by atoms with Gasteiger partial charge in [0, 0.05) is 19.7 Å². The minimum absolute atomic E-state index is 0.235. The minimum Gasteiger partial charge on any atom is -0.444 e. The highest BCUT2D eigenvalue weighted by molar-refractivity contribution is 5.85. The highest BCUT2D eigenvalue weighted by Gasteiger charge is 2.27. The highest BCUT2D eigenvalue weighted by Crippen LogP contribution is 2.10. The summed E-state index contributed by atoms with van der Waals surface area (Å²) in [7, 11) is 2.83. The maximum absolute atomic E-state index is 12.3. The van der Waals surface area contributed by atoms with Crippen molar-refractivity contribution in [3.05, 3.63) is 23.9 Å². The first-order chi connectivity index (χ1) is 10.6. The molecular formula is C15H24N4O4. The van der Waals surface area contributed by atoms with E-state index >= 15 is 0 Å². The largest absolute Gasteiger partial charge is 0.444 e. The van der Waals surface area contributed by atoms with E-state index in [0.29, 0.717) is 5.82 Å². The average molecular weight is 324 g/mol. The number of nitrogens with zero attached hydrogens (tertiary/aromatic N) is 2. The summed E-state index contributed by atoms with van der Waals surface area (Å²) in [6.45, 7) is 5.23. The van der Waals surface area contributed by atoms with E-state index in [9.17, 15) is 9.59 Å². The van der Waals surface area contributed by atoms with Gasteiger partial charge in [0.15, 0.2) is 0 Å². The fourth-order valence-electron chi connectivity index (χ4n) is 1.75. The number of hydroxylamine groups is 2. The average Bonchev–Trinajstić information content (AvgIpc) is 2.45. The molecule has 0 saturated heterocycles. The number of amides is 2. The van der Waals surface area contributed by atoms with E-state index in [-0.39, 0.29) is 6.42 Å². The molecule has 0 unspecified atom stereocenters. The molecule has 1 rings (SSSR count). The molecule has 3 N–H and O–H groups in total. The number of anilines is 1. The number of alkyl carbamates (subject to hydrolysis) is 1. The van der Waals surface area contributed by atoms with Gasteiger partial charge in [-0.1, -0.05) is 6.07 Å². The SMILES string of the molecule is CON(C)C(=O)[C@H](Cc1ccc(N)nc1)NC(=O)OC(C)(C)C. The van der Waals surface area contributed by atoms with Crippen molar-refractivity contribution in [2.75, 3.05) is 19.9 Å². The van der Waals surface area contributed by atoms with Gasteiger partial charge < -0.3 is 15.8 Å². The molecule has 0 aliphatic rings. The molecule has 2 amide bonds. The Morgan fingerprint density at radius 1 is 1.39 bits per heavy atom. The van der Waals surface area contributed by atoms with Crippen molar-refractivity contribution >= 4 is 17.8 Å². The molecule has 1 atom stereocenters. The molecule has 0 radical (unpaired) electrons. The van der Waals surface area contributed by atoms with Crippen molar-refractivity contribution in [2.45, 2.75) is 38.8 Å². The number of carbonyl (C=O) groups is 2. The fraction of sp³-hybridized carbons (Fsp3) is 0.533. The normalized spacial score (nSPS) is 12.4. The lowest BCUT2D eigenvalue weighted by atomic mass is 10.1. The summed E-state index contributed by atoms with van der Waals surface area (Å²) in [6, 6.07) is 2.52. The van der Waals surface area contributed by atoms with Gasteiger partial charge >= 0.3 is 6.09 Å². The van der Waals surface area contributed by atoms with Crippen LogP contribution in [-0.2, 0) is 20.8 Å². The summed E-state index contributed by atoms with van der Waals surface area (Å²) in [5.41, 5.74) is 5.63. The zero-order chi connectivity index (χ0) is 17.6. The van der Waals surface area contributed by atoms with Crippen LogP contribution in [0.3, 0.4) is 0 Å². The third-order valence-electron chi connectivity index (χ3n) is 2.86. The van der Waals surface area contributed by atoms with Crippen molar-refractivity contribution in [1.82, 2.24) is 15.4 Å². The Hall–Kier alpha value is -2.35. The number of hydrogen-bond acceptors (Lipinski definition) is 6. The molecule has 0 spiro atoms. The molecule has 23 heavy (non-hydrogen) atoms. The Bertz CT molecular complexity index is 539. The fourth-order valence-corrected chi connectivity index (χ4v) is 1.75. The van der Waals surface area contributed by atoms with E-state index in [4.69, 9.17) is 15.3 Å². The first kappa shape index (κ1) is 18.7. The van der Waals surface area contributed by atoms with Gasteiger partial charge in [0.25, 0.3) is 5.91 Å². The van der Waals surface area contributed by atoms with Crippen molar-refractivity contribution in [2.24, 2.45) is 0 Å². The Labute approximate surface area is 135 Å². The first-order valence-electron chi connectivity index (χ1n) is 7.14. The molecule has 128 valence electrons. The predicted octanol–water partition coefficient (Wildman–Crippen LogP) is 1.12. The molecule has 0 aliphatic carbocycles. The second kappa shape index (κ2) is 7.77. The van der Waals surface area contributed by atoms with Gasteiger partial charge in [0.05, 0.1) is 7.11 Å². The number of rotatable bonds is 5. The third-order valence-corrected chi connectivity index (χ3v) is 2.86. The zero-order valence-corrected chi connectivity index (χ0v) is 14.1. The first-order valence-corrected chi connectivity index (χ1v) is 7.14. The monoisotopic (exact) mass is 324 g/mol. The Kier molecular flexibility index (Phi) is 6.32. The summed E-state index contributed by atoms with van der Waals surface area (Å²) >= 11 is 0. The van der Waals surface area contributed by atoms with Crippen LogP contribution in [0.25, 0.3) is 0 Å². The van der Waals surface area contributed by atoms with Crippen LogP contribution in [0.15, 0.2) is 18.3 Å². The molecule has 1 aromatic heterocycles. The van der Waals surface area contributed by atoms with E-state index in [1.54, 1.807) is 39.1 Å². The van der Waals surface area contributed by atoms with Crippen LogP contribution in [0, 0.1) is 0 Å². The molecule has 0 fully saturated rings. The molecule has 0 bridgehead atoms. The van der Waals surface area contributed by atoms with Crippen molar-refractivity contribution in [1.29, 1.82) is 0 Å². The van der Waals surface area contributed by atoms with E-state index in [0.717, 1.165) is 10.6 Å². The van der Waals surface area contributed by atoms with Gasteiger partial charge in [0.2, 0.25) is 0 Å². The van der Waals surface area contributed by atoms with Crippen LogP contribution < -0.4 is 11.1 Å². The number of nitrogen functional groups attached to an aromatic ring is 1. The van der Waals surface area contributed by atoms with Crippen molar-refractivity contribution in [3.8, 4) is 0 Å². The molecule has 0 saturated carbocycles. The molecule has 8 heteroatoms.